The summed E-state index contributed by atoms with van der Waals surface area (Å²) in [5.74, 6) is -1.72. The number of thioether (sulfide) groups is 1. The molecule has 0 radical (unpaired) electrons. The molecule has 1 aliphatic rings. The number of anilines is 1. The molecule has 1 aliphatic heterocycles. The highest BCUT2D eigenvalue weighted by molar-refractivity contribution is 8.00. The molecule has 1 saturated heterocycles. The average Bonchev–Trinajstić information content (AvgIpc) is 4.19. The number of imide groups is 1. The molecule has 0 aliphatic carbocycles. The molecule has 2 unspecified atom stereocenters. The number of allylic oxidation sites excluding steroid dienone is 2. The standard InChI is InChI=1S/C51H60N14O9S/c1-8-64-36(21-29(4)58-64)46-54-26-33-32-23-31(45(53)68)24-38(73-7)43(32)62(47(33)56-46)15-10-11-16-63-44-35(55-51(63)57-48(69)37-22-30(5)59-65(37)9-2)19-28(3)20-39(44)74-18-12-14-60(6)41(66)13-17-61-42(67)25-40(49(61)70)75-27-34(52)50(71)72/h10-11,19-24,26,34,40H,8-9,12-18,25,27,52H2,1-7H3,(H2,53,68)(H,71,72)(H,55,57,69)/b11-10+. The van der Waals surface area contributed by atoms with Crippen molar-refractivity contribution in [1.82, 2.24) is 53.4 Å². The lowest BCUT2D eigenvalue weighted by Crippen LogP contribution is -2.37. The molecule has 2 atom stereocenters. The van der Waals surface area contributed by atoms with Gasteiger partial charge in [0, 0.05) is 87.4 Å². The second-order valence-electron chi connectivity index (χ2n) is 18.2. The van der Waals surface area contributed by atoms with E-state index >= 15 is 0 Å². The Labute approximate surface area is 435 Å². The lowest BCUT2D eigenvalue weighted by molar-refractivity contribution is -0.140. The van der Waals surface area contributed by atoms with E-state index in [1.54, 1.807) is 36.1 Å². The molecule has 6 heterocycles. The number of hydrogen-bond donors (Lipinski definition) is 4. The zero-order valence-electron chi connectivity index (χ0n) is 42.8. The summed E-state index contributed by atoms with van der Waals surface area (Å²) in [5, 5.41) is 21.8. The Hall–Kier alpha value is -8.12. The molecule has 5 amide bonds. The number of likely N-dealkylation sites (tertiary alicyclic amines) is 1. The number of carboxylic acid groups (broad SMARTS) is 1. The van der Waals surface area contributed by atoms with Gasteiger partial charge in [0.05, 0.1) is 41.4 Å². The van der Waals surface area contributed by atoms with E-state index in [4.69, 9.17) is 41.0 Å². The summed E-state index contributed by atoms with van der Waals surface area (Å²) in [6.45, 7) is 11.6. The fourth-order valence-corrected chi connectivity index (χ4v) is 10.2. The number of carbonyl (C=O) groups is 6. The van der Waals surface area contributed by atoms with Crippen LogP contribution in [-0.2, 0) is 45.4 Å². The van der Waals surface area contributed by atoms with Gasteiger partial charge in [-0.3, -0.25) is 48.3 Å². The molecule has 24 heteroatoms. The van der Waals surface area contributed by atoms with Crippen LogP contribution in [-0.4, -0.2) is 145 Å². The van der Waals surface area contributed by atoms with E-state index in [9.17, 15) is 28.8 Å². The van der Waals surface area contributed by atoms with Crippen LogP contribution in [0, 0.1) is 20.8 Å². The van der Waals surface area contributed by atoms with E-state index in [1.165, 1.54) is 12.0 Å². The summed E-state index contributed by atoms with van der Waals surface area (Å²) in [6.07, 6.45) is 5.89. The number of rotatable bonds is 23. The van der Waals surface area contributed by atoms with Crippen molar-refractivity contribution in [1.29, 1.82) is 0 Å². The normalized spacial score (nSPS) is 14.2. The monoisotopic (exact) mass is 1040 g/mol. The number of aliphatic carboxylic acids is 1. The maximum atomic E-state index is 14.0. The van der Waals surface area contributed by atoms with Crippen molar-refractivity contribution in [2.45, 2.75) is 91.4 Å². The van der Waals surface area contributed by atoms with Crippen molar-refractivity contribution in [2.24, 2.45) is 11.5 Å². The van der Waals surface area contributed by atoms with Crippen LogP contribution in [0.4, 0.5) is 5.95 Å². The molecule has 0 spiro atoms. The Morgan fingerprint density at radius 3 is 2.36 bits per heavy atom. The Balaban J connectivity index is 1.04. The molecule has 2 aromatic carbocycles. The largest absolute Gasteiger partial charge is 0.495 e. The molecular formula is C51H60N14O9S. The minimum absolute atomic E-state index is 0.0243. The van der Waals surface area contributed by atoms with Crippen LogP contribution in [0.1, 0.15) is 70.9 Å². The second-order valence-corrected chi connectivity index (χ2v) is 19.4. The topological polar surface area (TPSA) is 296 Å². The number of aromatic nitrogens is 9. The number of nitrogens with two attached hydrogens (primary N) is 2. The number of nitrogens with zero attached hydrogens (tertiary/aromatic N) is 11. The van der Waals surface area contributed by atoms with Crippen molar-refractivity contribution in [2.75, 3.05) is 44.9 Å². The van der Waals surface area contributed by atoms with Gasteiger partial charge in [0.15, 0.2) is 5.82 Å². The fraction of sp³-hybridized carbons (Fsp3) is 0.392. The molecule has 0 bridgehead atoms. The molecular weight excluding hydrogens is 985 g/mol. The molecule has 394 valence electrons. The maximum Gasteiger partial charge on any atom is 0.321 e. The zero-order valence-corrected chi connectivity index (χ0v) is 43.6. The minimum Gasteiger partial charge on any atom is -0.495 e. The predicted molar refractivity (Wildman–Crippen MR) is 281 cm³/mol. The van der Waals surface area contributed by atoms with E-state index in [0.29, 0.717) is 94.3 Å². The van der Waals surface area contributed by atoms with Gasteiger partial charge in [-0.1, -0.05) is 12.2 Å². The number of fused-ring (bicyclic) bond motifs is 4. The van der Waals surface area contributed by atoms with Crippen molar-refractivity contribution in [3.8, 4) is 23.0 Å². The number of carboxylic acids is 1. The number of primary amides is 1. The van der Waals surface area contributed by atoms with Crippen molar-refractivity contribution < 1.29 is 43.3 Å². The van der Waals surface area contributed by atoms with E-state index in [2.05, 4.69) is 15.5 Å². The van der Waals surface area contributed by atoms with Gasteiger partial charge < -0.3 is 40.1 Å². The summed E-state index contributed by atoms with van der Waals surface area (Å²) in [6, 6.07) is 9.60. The number of benzene rings is 2. The van der Waals surface area contributed by atoms with Gasteiger partial charge in [-0.05, 0) is 83.0 Å². The van der Waals surface area contributed by atoms with Crippen molar-refractivity contribution in [3.05, 3.63) is 83.0 Å². The Bertz CT molecular complexity index is 3410. The van der Waals surface area contributed by atoms with Gasteiger partial charge in [-0.2, -0.15) is 10.2 Å². The molecule has 5 aromatic heterocycles. The van der Waals surface area contributed by atoms with Gasteiger partial charge in [0.2, 0.25) is 29.6 Å². The van der Waals surface area contributed by atoms with Crippen LogP contribution < -0.4 is 26.3 Å². The molecule has 7 aromatic rings. The first kappa shape index (κ1) is 53.2. The third-order valence-electron chi connectivity index (χ3n) is 12.8. The summed E-state index contributed by atoms with van der Waals surface area (Å²) >= 11 is 1.02. The number of hydrogen-bond acceptors (Lipinski definition) is 15. The summed E-state index contributed by atoms with van der Waals surface area (Å²) in [5.41, 5.74) is 17.6. The van der Waals surface area contributed by atoms with E-state index in [1.807, 2.05) is 78.8 Å². The lowest BCUT2D eigenvalue weighted by atomic mass is 10.1. The van der Waals surface area contributed by atoms with Crippen LogP contribution in [0.25, 0.3) is 44.5 Å². The third kappa shape index (κ3) is 11.2. The Morgan fingerprint density at radius 1 is 0.933 bits per heavy atom. The highest BCUT2D eigenvalue weighted by Crippen LogP contribution is 2.37. The number of nitrogens with one attached hydrogen (secondary N) is 1. The number of ether oxygens (including phenoxy) is 2. The third-order valence-corrected chi connectivity index (χ3v) is 14.1. The number of methoxy groups -OCH3 is 1. The molecule has 1 fully saturated rings. The van der Waals surface area contributed by atoms with E-state index in [-0.39, 0.29) is 55.7 Å². The number of aryl methyl sites for hydroxylation is 5. The van der Waals surface area contributed by atoms with Gasteiger partial charge >= 0.3 is 5.97 Å². The minimum atomic E-state index is -1.20. The first-order valence-corrected chi connectivity index (χ1v) is 25.5. The molecule has 6 N–H and O–H groups in total. The van der Waals surface area contributed by atoms with Gasteiger partial charge in [-0.15, -0.1) is 11.8 Å². The Morgan fingerprint density at radius 2 is 1.65 bits per heavy atom. The number of carbonyl (C=O) groups excluding carboxylic acids is 5. The van der Waals surface area contributed by atoms with Crippen molar-refractivity contribution in [3.63, 3.8) is 0 Å². The zero-order chi connectivity index (χ0) is 53.8. The number of amides is 5. The SMILES string of the molecule is CCn1nc(C)cc1C(=O)Nc1nc2cc(C)cc(OCCCN(C)C(=O)CCN3C(=O)CC(SCC(N)C(=O)O)C3=O)c2n1C/C=C/Cn1c2nc(-c3cc(C)nn3CC)ncc2c2cc(C(N)=O)cc(OC)c21. The molecule has 23 nitrogen and oxygen atoms in total. The summed E-state index contributed by atoms with van der Waals surface area (Å²) in [7, 11) is 3.16. The van der Waals surface area contributed by atoms with Crippen LogP contribution in [0.2, 0.25) is 0 Å². The smallest absolute Gasteiger partial charge is 0.321 e. The van der Waals surface area contributed by atoms with Crippen LogP contribution >= 0.6 is 11.8 Å². The highest BCUT2D eigenvalue weighted by atomic mass is 32.2. The second kappa shape index (κ2) is 22.6. The molecule has 75 heavy (non-hydrogen) atoms. The maximum absolute atomic E-state index is 14.0. The quantitative estimate of drug-likeness (QED) is 0.0391. The molecule has 0 saturated carbocycles. The van der Waals surface area contributed by atoms with E-state index < -0.39 is 40.9 Å². The van der Waals surface area contributed by atoms with Crippen LogP contribution in [0.5, 0.6) is 11.5 Å². The number of imidazole rings is 1. The van der Waals surface area contributed by atoms with Crippen molar-refractivity contribution >= 4 is 86.2 Å². The first-order valence-electron chi connectivity index (χ1n) is 24.4. The van der Waals surface area contributed by atoms with Gasteiger partial charge in [0.1, 0.15) is 40.1 Å². The van der Waals surface area contributed by atoms with Gasteiger partial charge in [-0.25, -0.2) is 15.0 Å². The van der Waals surface area contributed by atoms with Gasteiger partial charge in [0.25, 0.3) is 5.91 Å². The lowest BCUT2D eigenvalue weighted by Gasteiger charge is -2.20. The fourth-order valence-electron chi connectivity index (χ4n) is 9.09. The van der Waals surface area contributed by atoms with E-state index in [0.717, 1.165) is 33.6 Å². The molecule has 8 rings (SSSR count). The highest BCUT2D eigenvalue weighted by Gasteiger charge is 2.39. The van der Waals surface area contributed by atoms with Crippen LogP contribution in [0.3, 0.4) is 0 Å². The summed E-state index contributed by atoms with van der Waals surface area (Å²) in [4.78, 5) is 93.7. The van der Waals surface area contributed by atoms with Crippen LogP contribution in [0.15, 0.2) is 54.7 Å². The summed E-state index contributed by atoms with van der Waals surface area (Å²) < 4.78 is 19.6. The Kier molecular flexibility index (Phi) is 16.0. The average molecular weight is 1050 g/mol. The predicted octanol–water partition coefficient (Wildman–Crippen LogP) is 4.47. The first-order chi connectivity index (χ1) is 35.9.